The Hall–Kier alpha value is -2.89. The number of alkyl carbamates (subject to hydrolysis) is 2. The van der Waals surface area contributed by atoms with Gasteiger partial charge in [0, 0.05) is 20.2 Å². The molecule has 0 rings (SSSR count). The molecule has 0 saturated carbocycles. The molecule has 0 aromatic rings. The molecule has 0 aliphatic rings. The highest BCUT2D eigenvalue weighted by molar-refractivity contribution is 6.01. The number of hydrogen-bond donors (Lipinski definition) is 4. The van der Waals surface area contributed by atoms with Crippen molar-refractivity contribution in [2.75, 3.05) is 20.2 Å². The van der Waals surface area contributed by atoms with E-state index in [1.54, 1.807) is 41.5 Å². The van der Waals surface area contributed by atoms with E-state index in [0.717, 1.165) is 20.0 Å². The normalized spacial score (nSPS) is 12.2. The molecule has 0 aliphatic heterocycles. The van der Waals surface area contributed by atoms with E-state index in [4.69, 9.17) is 14.6 Å². The Balaban J connectivity index is 4.54. The number of methoxy groups -OCH3 is 1. The van der Waals surface area contributed by atoms with E-state index in [1.807, 2.05) is 0 Å². The maximum absolute atomic E-state index is 12.0. The van der Waals surface area contributed by atoms with Gasteiger partial charge in [-0.05, 0) is 54.4 Å². The van der Waals surface area contributed by atoms with Gasteiger partial charge in [-0.15, -0.1) is 0 Å². The number of carboxylic acids is 1. The van der Waals surface area contributed by atoms with Crippen LogP contribution in [0.15, 0.2) is 4.99 Å². The number of unbranched alkanes of at least 4 members (excludes halogenated alkanes) is 3. The van der Waals surface area contributed by atoms with Crippen molar-refractivity contribution in [1.82, 2.24) is 16.0 Å². The Kier molecular flexibility index (Phi) is 13.0. The minimum absolute atomic E-state index is 0.0787. The van der Waals surface area contributed by atoms with E-state index >= 15 is 0 Å². The van der Waals surface area contributed by atoms with Gasteiger partial charge in [0.2, 0.25) is 12.1 Å². The fourth-order valence-electron chi connectivity index (χ4n) is 2.32. The Morgan fingerprint density at radius 1 is 0.848 bits per heavy atom. The number of aliphatic carboxylic acids is 1. The Morgan fingerprint density at radius 3 is 1.76 bits per heavy atom. The minimum Gasteiger partial charge on any atom is -0.479 e. The molecule has 33 heavy (non-hydrogen) atoms. The molecule has 12 heteroatoms. The van der Waals surface area contributed by atoms with Crippen molar-refractivity contribution in [2.24, 2.45) is 4.99 Å². The number of carbonyl (C=O) groups excluding carboxylic acids is 3. The number of nitrogens with one attached hydrogen (secondary N) is 3. The number of rotatable bonds is 10. The summed E-state index contributed by atoms with van der Waals surface area (Å²) in [5.74, 6) is -2.12. The molecular weight excluding hydrogens is 436 g/mol. The van der Waals surface area contributed by atoms with Crippen LogP contribution in [-0.4, -0.2) is 72.6 Å². The average Bonchev–Trinajstić information content (AvgIpc) is 2.60. The van der Waals surface area contributed by atoms with Crippen LogP contribution in [0, 0.1) is 0 Å². The number of ether oxygens (including phenoxy) is 3. The monoisotopic (exact) mass is 474 g/mol. The summed E-state index contributed by atoms with van der Waals surface area (Å²) >= 11 is 0. The zero-order valence-electron chi connectivity index (χ0n) is 20.6. The molecule has 12 nitrogen and oxygen atoms in total. The Labute approximate surface area is 194 Å². The highest BCUT2D eigenvalue weighted by Crippen LogP contribution is 2.08. The summed E-state index contributed by atoms with van der Waals surface area (Å²) < 4.78 is 15.0. The largest absolute Gasteiger partial charge is 0.479 e. The first-order valence-corrected chi connectivity index (χ1v) is 10.7. The number of carbonyl (C=O) groups is 4. The van der Waals surface area contributed by atoms with Crippen LogP contribution < -0.4 is 16.0 Å². The van der Waals surface area contributed by atoms with Gasteiger partial charge in [-0.3, -0.25) is 20.4 Å². The van der Waals surface area contributed by atoms with Crippen molar-refractivity contribution in [1.29, 1.82) is 0 Å². The van der Waals surface area contributed by atoms with Gasteiger partial charge in [-0.1, -0.05) is 12.8 Å². The van der Waals surface area contributed by atoms with Gasteiger partial charge < -0.3 is 24.6 Å². The van der Waals surface area contributed by atoms with Crippen LogP contribution >= 0.6 is 0 Å². The van der Waals surface area contributed by atoms with Gasteiger partial charge in [0.05, 0.1) is 0 Å². The lowest BCUT2D eigenvalue weighted by Crippen LogP contribution is -2.47. The molecule has 0 spiro atoms. The highest BCUT2D eigenvalue weighted by Gasteiger charge is 2.25. The van der Waals surface area contributed by atoms with Crippen LogP contribution in [0.5, 0.6) is 0 Å². The van der Waals surface area contributed by atoms with Crippen molar-refractivity contribution < 1.29 is 38.5 Å². The summed E-state index contributed by atoms with van der Waals surface area (Å²) in [6.07, 6.45) is -0.225. The zero-order chi connectivity index (χ0) is 25.7. The lowest BCUT2D eigenvalue weighted by Gasteiger charge is -2.22. The van der Waals surface area contributed by atoms with Crippen LogP contribution in [0.25, 0.3) is 0 Å². The molecule has 0 radical (unpaired) electrons. The lowest BCUT2D eigenvalue weighted by atomic mass is 10.2. The number of hydrogen-bond acceptors (Lipinski definition) is 8. The summed E-state index contributed by atoms with van der Waals surface area (Å²) in [6, 6.07) is 0. The second-order valence-electron chi connectivity index (χ2n) is 9.14. The molecule has 0 saturated heterocycles. The number of aliphatic imine (C=N–C) groups is 1. The van der Waals surface area contributed by atoms with E-state index in [2.05, 4.69) is 25.7 Å². The molecular formula is C21H38N4O8. The third kappa shape index (κ3) is 16.4. The quantitative estimate of drug-likeness (QED) is 0.162. The first-order chi connectivity index (χ1) is 15.1. The van der Waals surface area contributed by atoms with Crippen molar-refractivity contribution >= 4 is 30.0 Å². The molecule has 1 atom stereocenters. The molecule has 0 fully saturated rings. The van der Waals surface area contributed by atoms with Gasteiger partial charge >= 0.3 is 18.2 Å². The third-order valence-electron chi connectivity index (χ3n) is 3.59. The maximum atomic E-state index is 12.0. The number of amides is 3. The first-order valence-electron chi connectivity index (χ1n) is 10.7. The summed E-state index contributed by atoms with van der Waals surface area (Å²) in [4.78, 5) is 50.7. The predicted molar refractivity (Wildman–Crippen MR) is 121 cm³/mol. The molecule has 4 N–H and O–H groups in total. The first kappa shape index (κ1) is 30.1. The molecule has 0 heterocycles. The van der Waals surface area contributed by atoms with E-state index in [9.17, 15) is 19.2 Å². The smallest absolute Gasteiger partial charge is 0.414 e. The van der Waals surface area contributed by atoms with Gasteiger partial charge in [0.1, 0.15) is 11.2 Å². The second kappa shape index (κ2) is 14.3. The summed E-state index contributed by atoms with van der Waals surface area (Å²) in [5.41, 5.74) is -1.44. The second-order valence-corrected chi connectivity index (χ2v) is 9.14. The van der Waals surface area contributed by atoms with Gasteiger partial charge in [-0.2, -0.15) is 0 Å². The molecule has 0 aromatic carbocycles. The summed E-state index contributed by atoms with van der Waals surface area (Å²) in [6.45, 7) is 10.9. The van der Waals surface area contributed by atoms with E-state index in [1.165, 1.54) is 0 Å². The average molecular weight is 475 g/mol. The molecule has 0 aliphatic carbocycles. The Morgan fingerprint density at radius 2 is 1.33 bits per heavy atom. The molecule has 1 unspecified atom stereocenters. The van der Waals surface area contributed by atoms with Crippen molar-refractivity contribution in [3.63, 3.8) is 0 Å². The van der Waals surface area contributed by atoms with Crippen LogP contribution in [0.1, 0.15) is 67.2 Å². The van der Waals surface area contributed by atoms with Crippen LogP contribution in [0.2, 0.25) is 0 Å². The maximum Gasteiger partial charge on any atom is 0.414 e. The van der Waals surface area contributed by atoms with Crippen LogP contribution in [0.4, 0.5) is 9.59 Å². The van der Waals surface area contributed by atoms with Gasteiger partial charge in [0.15, 0.2) is 0 Å². The van der Waals surface area contributed by atoms with Crippen LogP contribution in [-0.2, 0) is 23.8 Å². The standard InChI is InChI=1S/C21H38N4O8/c1-20(2,3)32-18(29)24-17(25-19(30)33-21(4,5)6)23-13-11-9-8-10-12-22-15(26)14(31-7)16(27)28/h14H,8-13H2,1-7H3,(H,22,26)(H,27,28)(H2,23,24,25,29,30). The zero-order valence-corrected chi connectivity index (χ0v) is 20.6. The van der Waals surface area contributed by atoms with E-state index < -0.39 is 41.4 Å². The minimum atomic E-state index is -1.52. The SMILES string of the molecule is COC(C(=O)O)C(=O)NCCCCCCN=C(NC(=O)OC(C)(C)C)NC(=O)OC(C)(C)C. The summed E-state index contributed by atoms with van der Waals surface area (Å²) in [5, 5.41) is 16.2. The Bertz CT molecular complexity index is 663. The molecule has 3 amide bonds. The predicted octanol–water partition coefficient (Wildman–Crippen LogP) is 2.17. The van der Waals surface area contributed by atoms with Crippen molar-refractivity contribution in [3.8, 4) is 0 Å². The lowest BCUT2D eigenvalue weighted by molar-refractivity contribution is -0.155. The third-order valence-corrected chi connectivity index (χ3v) is 3.59. The molecule has 0 bridgehead atoms. The van der Waals surface area contributed by atoms with Gasteiger partial charge in [-0.25, -0.2) is 14.4 Å². The summed E-state index contributed by atoms with van der Waals surface area (Å²) in [7, 11) is 1.16. The molecule has 0 aromatic heterocycles. The van der Waals surface area contributed by atoms with Crippen molar-refractivity contribution in [3.05, 3.63) is 0 Å². The highest BCUT2D eigenvalue weighted by atomic mass is 16.6. The molecule has 190 valence electrons. The fourth-order valence-corrected chi connectivity index (χ4v) is 2.32. The number of nitrogens with zero attached hydrogens (tertiary/aromatic N) is 1. The number of guanidine groups is 1. The fraction of sp³-hybridized carbons (Fsp3) is 0.762. The van der Waals surface area contributed by atoms with E-state index in [-0.39, 0.29) is 5.96 Å². The number of carboxylic acid groups (broad SMARTS) is 1. The van der Waals surface area contributed by atoms with Gasteiger partial charge in [0.25, 0.3) is 5.91 Å². The topological polar surface area (TPSA) is 165 Å². The van der Waals surface area contributed by atoms with Crippen LogP contribution in [0.3, 0.4) is 0 Å². The van der Waals surface area contributed by atoms with Crippen molar-refractivity contribution in [2.45, 2.75) is 84.5 Å². The van der Waals surface area contributed by atoms with E-state index in [0.29, 0.717) is 25.9 Å².